The molecular weight excluding hydrogens is 464 g/mol. The van der Waals surface area contributed by atoms with E-state index in [1.165, 1.54) is 6.07 Å². The Hall–Kier alpha value is -2.20. The normalized spacial score (nSPS) is 12.4. The molecule has 0 atom stereocenters. The third-order valence-corrected chi connectivity index (χ3v) is 6.03. The lowest BCUT2D eigenvalue weighted by atomic mass is 10.1. The lowest BCUT2D eigenvalue weighted by Crippen LogP contribution is -2.08. The summed E-state index contributed by atoms with van der Waals surface area (Å²) >= 11 is 3.33. The average Bonchev–Trinajstić information content (AvgIpc) is 3.01. The molecule has 28 heavy (non-hydrogen) atoms. The zero-order valence-electron chi connectivity index (χ0n) is 14.6. The predicted octanol–water partition coefficient (Wildman–Crippen LogP) is 5.17. The van der Waals surface area contributed by atoms with Gasteiger partial charge in [0.15, 0.2) is 15.5 Å². The third-order valence-electron chi connectivity index (χ3n) is 4.01. The van der Waals surface area contributed by atoms with Gasteiger partial charge in [-0.2, -0.15) is 18.3 Å². The molecule has 0 unspecified atom stereocenters. The summed E-state index contributed by atoms with van der Waals surface area (Å²) in [7, 11) is -3.81. The third kappa shape index (κ3) is 3.97. The summed E-state index contributed by atoms with van der Waals surface area (Å²) < 4.78 is 78.8. The van der Waals surface area contributed by atoms with E-state index in [9.17, 15) is 26.0 Å². The maximum atomic E-state index is 14.3. The molecule has 0 bridgehead atoms. The molecule has 0 fully saturated rings. The first-order valence-corrected chi connectivity index (χ1v) is 10.5. The SMILES string of the molecule is Cc1cc(-c2cc(C(F)(F)F)nn2-c2ccc(S(C)(=O)=O)c(F)c2)ccc1Br. The first-order valence-electron chi connectivity index (χ1n) is 7.81. The molecule has 0 saturated carbocycles. The molecule has 1 heterocycles. The minimum atomic E-state index is -4.70. The average molecular weight is 477 g/mol. The van der Waals surface area contributed by atoms with Gasteiger partial charge in [-0.1, -0.05) is 22.0 Å². The van der Waals surface area contributed by atoms with E-state index in [-0.39, 0.29) is 11.4 Å². The number of nitrogens with zero attached hydrogens (tertiary/aromatic N) is 2. The van der Waals surface area contributed by atoms with Crippen molar-refractivity contribution in [3.63, 3.8) is 0 Å². The fourth-order valence-electron chi connectivity index (χ4n) is 2.65. The molecule has 3 rings (SSSR count). The van der Waals surface area contributed by atoms with Crippen molar-refractivity contribution >= 4 is 25.8 Å². The van der Waals surface area contributed by atoms with Crippen molar-refractivity contribution < 1.29 is 26.0 Å². The molecule has 0 saturated heterocycles. The van der Waals surface area contributed by atoms with E-state index in [2.05, 4.69) is 21.0 Å². The zero-order valence-corrected chi connectivity index (χ0v) is 17.0. The number of aryl methyl sites for hydroxylation is 1. The van der Waals surface area contributed by atoms with Crippen LogP contribution in [0.3, 0.4) is 0 Å². The number of sulfone groups is 1. The minimum absolute atomic E-state index is 0.0315. The summed E-state index contributed by atoms with van der Waals surface area (Å²) in [6, 6.07) is 8.88. The molecule has 0 radical (unpaired) electrons. The van der Waals surface area contributed by atoms with Crippen molar-refractivity contribution in [2.45, 2.75) is 18.0 Å². The molecule has 0 aliphatic heterocycles. The van der Waals surface area contributed by atoms with E-state index < -0.39 is 32.4 Å². The topological polar surface area (TPSA) is 52.0 Å². The first kappa shape index (κ1) is 20.5. The standard InChI is InChI=1S/C18H13BrF4N2O2S/c1-10-7-11(3-5-13(10)19)15-9-17(18(21,22)23)24-25(15)12-4-6-16(14(20)8-12)28(2,26)27/h3-9H,1-2H3. The second-order valence-electron chi connectivity index (χ2n) is 6.18. The van der Waals surface area contributed by atoms with Crippen LogP contribution >= 0.6 is 15.9 Å². The molecule has 10 heteroatoms. The van der Waals surface area contributed by atoms with Crippen LogP contribution in [0, 0.1) is 12.7 Å². The molecule has 1 aromatic heterocycles. The van der Waals surface area contributed by atoms with E-state index in [1.807, 2.05) is 0 Å². The Kier molecular flexibility index (Phi) is 5.13. The summed E-state index contributed by atoms with van der Waals surface area (Å²) in [5, 5.41) is 3.58. The quantitative estimate of drug-likeness (QED) is 0.490. The van der Waals surface area contributed by atoms with Gasteiger partial charge < -0.3 is 0 Å². The van der Waals surface area contributed by atoms with Crippen molar-refractivity contribution in [2.75, 3.05) is 6.26 Å². The molecular formula is C18H13BrF4N2O2S. The maximum Gasteiger partial charge on any atom is 0.435 e. The molecule has 0 N–H and O–H groups in total. The van der Waals surface area contributed by atoms with Crippen molar-refractivity contribution in [1.29, 1.82) is 0 Å². The van der Waals surface area contributed by atoms with Crippen molar-refractivity contribution in [1.82, 2.24) is 9.78 Å². The molecule has 148 valence electrons. The van der Waals surface area contributed by atoms with Crippen LogP contribution in [-0.2, 0) is 16.0 Å². The molecule has 0 amide bonds. The largest absolute Gasteiger partial charge is 0.435 e. The Balaban J connectivity index is 2.24. The summed E-state index contributed by atoms with van der Waals surface area (Å²) in [6.07, 6.45) is -3.85. The highest BCUT2D eigenvalue weighted by Gasteiger charge is 2.35. The van der Waals surface area contributed by atoms with E-state index >= 15 is 0 Å². The Labute approximate surface area is 166 Å². The number of alkyl halides is 3. The number of hydrogen-bond donors (Lipinski definition) is 0. The van der Waals surface area contributed by atoms with E-state index in [0.29, 0.717) is 5.56 Å². The van der Waals surface area contributed by atoms with Gasteiger partial charge in [0.1, 0.15) is 10.7 Å². The van der Waals surface area contributed by atoms with Crippen LogP contribution in [-0.4, -0.2) is 24.5 Å². The molecule has 3 aromatic rings. The Morgan fingerprint density at radius 2 is 1.75 bits per heavy atom. The number of aromatic nitrogens is 2. The van der Waals surface area contributed by atoms with Gasteiger partial charge in [-0.05, 0) is 42.8 Å². The predicted molar refractivity (Wildman–Crippen MR) is 99.5 cm³/mol. The van der Waals surface area contributed by atoms with Crippen molar-refractivity contribution in [3.05, 3.63) is 64.0 Å². The van der Waals surface area contributed by atoms with E-state index in [1.54, 1.807) is 25.1 Å². The summed E-state index contributed by atoms with van der Waals surface area (Å²) in [5.74, 6) is -1.07. The maximum absolute atomic E-state index is 14.3. The number of rotatable bonds is 3. The highest BCUT2D eigenvalue weighted by atomic mass is 79.9. The molecule has 0 aliphatic rings. The van der Waals surface area contributed by atoms with Gasteiger partial charge in [0.25, 0.3) is 0 Å². The van der Waals surface area contributed by atoms with Gasteiger partial charge >= 0.3 is 6.18 Å². The van der Waals surface area contributed by atoms with Crippen LogP contribution in [0.5, 0.6) is 0 Å². The monoisotopic (exact) mass is 476 g/mol. The Morgan fingerprint density at radius 3 is 2.29 bits per heavy atom. The number of benzene rings is 2. The molecule has 0 spiro atoms. The number of halogens is 5. The van der Waals surface area contributed by atoms with Gasteiger partial charge in [0.05, 0.1) is 11.4 Å². The van der Waals surface area contributed by atoms with Gasteiger partial charge in [-0.3, -0.25) is 0 Å². The fraction of sp³-hybridized carbons (Fsp3) is 0.167. The van der Waals surface area contributed by atoms with Crippen LogP contribution in [0.1, 0.15) is 11.3 Å². The van der Waals surface area contributed by atoms with Crippen LogP contribution < -0.4 is 0 Å². The summed E-state index contributed by atoms with van der Waals surface area (Å²) in [6.45, 7) is 1.78. The van der Waals surface area contributed by atoms with Crippen molar-refractivity contribution in [2.24, 2.45) is 0 Å². The van der Waals surface area contributed by atoms with Crippen LogP contribution in [0.4, 0.5) is 17.6 Å². The zero-order chi connectivity index (χ0) is 20.9. The number of hydrogen-bond acceptors (Lipinski definition) is 3. The van der Waals surface area contributed by atoms with Gasteiger partial charge in [0.2, 0.25) is 0 Å². The lowest BCUT2D eigenvalue weighted by molar-refractivity contribution is -0.141. The minimum Gasteiger partial charge on any atom is -0.232 e. The van der Waals surface area contributed by atoms with Crippen LogP contribution in [0.15, 0.2) is 51.8 Å². The highest BCUT2D eigenvalue weighted by molar-refractivity contribution is 9.10. The van der Waals surface area contributed by atoms with Crippen LogP contribution in [0.25, 0.3) is 16.9 Å². The van der Waals surface area contributed by atoms with Crippen LogP contribution in [0.2, 0.25) is 0 Å². The summed E-state index contributed by atoms with van der Waals surface area (Å²) in [5.41, 5.74) is 0.148. The second-order valence-corrected chi connectivity index (χ2v) is 9.01. The van der Waals surface area contributed by atoms with Gasteiger partial charge in [-0.15, -0.1) is 0 Å². The van der Waals surface area contributed by atoms with E-state index in [4.69, 9.17) is 0 Å². The Morgan fingerprint density at radius 1 is 1.07 bits per heavy atom. The molecule has 2 aromatic carbocycles. The second kappa shape index (κ2) is 7.00. The van der Waals surface area contributed by atoms with E-state index in [0.717, 1.165) is 39.2 Å². The smallest absolute Gasteiger partial charge is 0.232 e. The molecule has 0 aliphatic carbocycles. The lowest BCUT2D eigenvalue weighted by Gasteiger charge is -2.10. The fourth-order valence-corrected chi connectivity index (χ4v) is 3.62. The van der Waals surface area contributed by atoms with Gasteiger partial charge in [-0.25, -0.2) is 17.5 Å². The van der Waals surface area contributed by atoms with Crippen molar-refractivity contribution in [3.8, 4) is 16.9 Å². The highest BCUT2D eigenvalue weighted by Crippen LogP contribution is 2.34. The van der Waals surface area contributed by atoms with Gasteiger partial charge in [0, 0.05) is 22.4 Å². The summed E-state index contributed by atoms with van der Waals surface area (Å²) in [4.78, 5) is -0.541. The first-order chi connectivity index (χ1) is 12.9. The Bertz CT molecular complexity index is 1170. The molecule has 4 nitrogen and oxygen atoms in total.